The number of rotatable bonds is 2. The molecule has 1 aromatic carbocycles. The standard InChI is InChI=1S/C12H13BrFN3/c1-6(2)17-12-11-9(15)4-3-8(14)10(11)7(13)5-16-12/h3-6H,15H2,1-2H3,(H,16,17). The van der Waals surface area contributed by atoms with Crippen LogP contribution >= 0.6 is 15.9 Å². The summed E-state index contributed by atoms with van der Waals surface area (Å²) in [5, 5.41) is 4.24. The van der Waals surface area contributed by atoms with E-state index in [0.29, 0.717) is 26.8 Å². The van der Waals surface area contributed by atoms with Gasteiger partial charge in [0.2, 0.25) is 0 Å². The molecule has 0 fully saturated rings. The van der Waals surface area contributed by atoms with Crippen LogP contribution in [-0.2, 0) is 0 Å². The van der Waals surface area contributed by atoms with E-state index in [1.165, 1.54) is 6.07 Å². The number of nitrogens with zero attached hydrogens (tertiary/aromatic N) is 1. The van der Waals surface area contributed by atoms with E-state index in [1.54, 1.807) is 12.3 Å². The van der Waals surface area contributed by atoms with Gasteiger partial charge >= 0.3 is 0 Å². The molecule has 2 aromatic rings. The number of benzene rings is 1. The number of hydrogen-bond acceptors (Lipinski definition) is 3. The number of nitrogen functional groups attached to an aromatic ring is 1. The van der Waals surface area contributed by atoms with E-state index >= 15 is 0 Å². The highest BCUT2D eigenvalue weighted by atomic mass is 79.9. The summed E-state index contributed by atoms with van der Waals surface area (Å²) in [4.78, 5) is 4.24. The lowest BCUT2D eigenvalue weighted by atomic mass is 10.1. The van der Waals surface area contributed by atoms with Crippen molar-refractivity contribution in [2.24, 2.45) is 0 Å². The highest BCUT2D eigenvalue weighted by molar-refractivity contribution is 9.10. The van der Waals surface area contributed by atoms with Gasteiger partial charge in [-0.25, -0.2) is 9.37 Å². The predicted molar refractivity (Wildman–Crippen MR) is 72.6 cm³/mol. The van der Waals surface area contributed by atoms with Crippen molar-refractivity contribution in [1.29, 1.82) is 0 Å². The summed E-state index contributed by atoms with van der Waals surface area (Å²) < 4.78 is 14.4. The first-order valence-electron chi connectivity index (χ1n) is 5.29. The zero-order chi connectivity index (χ0) is 12.6. The smallest absolute Gasteiger partial charge is 0.136 e. The third kappa shape index (κ3) is 2.20. The van der Waals surface area contributed by atoms with E-state index in [9.17, 15) is 4.39 Å². The summed E-state index contributed by atoms with van der Waals surface area (Å²) >= 11 is 3.30. The molecule has 0 aliphatic heterocycles. The summed E-state index contributed by atoms with van der Waals surface area (Å²) in [5.41, 5.74) is 6.42. The number of anilines is 2. The largest absolute Gasteiger partial charge is 0.398 e. The minimum atomic E-state index is -0.310. The van der Waals surface area contributed by atoms with Crippen LogP contribution < -0.4 is 11.1 Å². The van der Waals surface area contributed by atoms with Crippen molar-refractivity contribution in [3.63, 3.8) is 0 Å². The van der Waals surface area contributed by atoms with Crippen molar-refractivity contribution in [3.8, 4) is 0 Å². The molecule has 0 amide bonds. The Morgan fingerprint density at radius 3 is 2.71 bits per heavy atom. The molecular weight excluding hydrogens is 285 g/mol. The maximum Gasteiger partial charge on any atom is 0.136 e. The molecule has 3 N–H and O–H groups in total. The van der Waals surface area contributed by atoms with Gasteiger partial charge in [0.25, 0.3) is 0 Å². The van der Waals surface area contributed by atoms with E-state index in [0.717, 1.165) is 0 Å². The van der Waals surface area contributed by atoms with Crippen LogP contribution in [0.25, 0.3) is 10.8 Å². The second kappa shape index (κ2) is 4.49. The molecule has 0 unspecified atom stereocenters. The van der Waals surface area contributed by atoms with Crippen molar-refractivity contribution < 1.29 is 4.39 Å². The fraction of sp³-hybridized carbons (Fsp3) is 0.250. The normalized spacial score (nSPS) is 11.1. The summed E-state index contributed by atoms with van der Waals surface area (Å²) in [6.07, 6.45) is 1.58. The quantitative estimate of drug-likeness (QED) is 0.834. The fourth-order valence-electron chi connectivity index (χ4n) is 1.72. The Morgan fingerprint density at radius 2 is 2.06 bits per heavy atom. The molecule has 0 atom stereocenters. The molecule has 3 nitrogen and oxygen atoms in total. The SMILES string of the molecule is CC(C)Nc1ncc(Br)c2c(F)ccc(N)c12. The lowest BCUT2D eigenvalue weighted by Crippen LogP contribution is -2.12. The molecule has 0 aliphatic rings. The lowest BCUT2D eigenvalue weighted by molar-refractivity contribution is 0.639. The van der Waals surface area contributed by atoms with Crippen molar-refractivity contribution in [2.75, 3.05) is 11.1 Å². The summed E-state index contributed by atoms with van der Waals surface area (Å²) in [6, 6.07) is 3.12. The van der Waals surface area contributed by atoms with Crippen LogP contribution in [0.1, 0.15) is 13.8 Å². The van der Waals surface area contributed by atoms with E-state index in [2.05, 4.69) is 26.2 Å². The van der Waals surface area contributed by atoms with Crippen LogP contribution in [-0.4, -0.2) is 11.0 Å². The third-order valence-electron chi connectivity index (χ3n) is 2.39. The van der Waals surface area contributed by atoms with Gasteiger partial charge < -0.3 is 11.1 Å². The third-order valence-corrected chi connectivity index (χ3v) is 3.00. The van der Waals surface area contributed by atoms with Gasteiger partial charge in [0.1, 0.15) is 11.6 Å². The van der Waals surface area contributed by atoms with Crippen LogP contribution in [0, 0.1) is 5.82 Å². The van der Waals surface area contributed by atoms with E-state index < -0.39 is 0 Å². The average molecular weight is 298 g/mol. The Labute approximate surface area is 107 Å². The molecule has 0 saturated carbocycles. The van der Waals surface area contributed by atoms with Gasteiger partial charge in [0.05, 0.1) is 5.39 Å². The van der Waals surface area contributed by atoms with E-state index in [-0.39, 0.29) is 11.9 Å². The minimum absolute atomic E-state index is 0.203. The van der Waals surface area contributed by atoms with E-state index in [1.807, 2.05) is 13.8 Å². The number of hydrogen-bond donors (Lipinski definition) is 2. The number of fused-ring (bicyclic) bond motifs is 1. The van der Waals surface area contributed by atoms with Crippen molar-refractivity contribution >= 4 is 38.2 Å². The second-order valence-corrected chi connectivity index (χ2v) is 4.99. The molecule has 1 aromatic heterocycles. The Morgan fingerprint density at radius 1 is 1.35 bits per heavy atom. The first kappa shape index (κ1) is 12.1. The summed E-state index contributed by atoms with van der Waals surface area (Å²) in [5.74, 6) is 0.297. The molecule has 17 heavy (non-hydrogen) atoms. The van der Waals surface area contributed by atoms with E-state index in [4.69, 9.17) is 5.73 Å². The van der Waals surface area contributed by atoms with Gasteiger partial charge in [-0.05, 0) is 41.9 Å². The molecule has 0 bridgehead atoms. The molecule has 2 rings (SSSR count). The number of halogens is 2. The van der Waals surface area contributed by atoms with Gasteiger partial charge in [-0.1, -0.05) is 0 Å². The van der Waals surface area contributed by atoms with Gasteiger partial charge in [-0.15, -0.1) is 0 Å². The zero-order valence-electron chi connectivity index (χ0n) is 9.59. The Hall–Kier alpha value is -1.36. The van der Waals surface area contributed by atoms with Gasteiger partial charge in [-0.3, -0.25) is 0 Å². The highest BCUT2D eigenvalue weighted by Crippen LogP contribution is 2.34. The first-order valence-corrected chi connectivity index (χ1v) is 6.08. The fourth-order valence-corrected chi connectivity index (χ4v) is 2.21. The molecule has 1 heterocycles. The minimum Gasteiger partial charge on any atom is -0.398 e. The number of pyridine rings is 1. The maximum atomic E-state index is 13.8. The van der Waals surface area contributed by atoms with Crippen molar-refractivity contribution in [3.05, 3.63) is 28.6 Å². The highest BCUT2D eigenvalue weighted by Gasteiger charge is 2.13. The molecule has 5 heteroatoms. The predicted octanol–water partition coefficient (Wildman–Crippen LogP) is 3.54. The topological polar surface area (TPSA) is 50.9 Å². The number of nitrogens with one attached hydrogen (secondary N) is 1. The lowest BCUT2D eigenvalue weighted by Gasteiger charge is -2.14. The summed E-state index contributed by atoms with van der Waals surface area (Å²) in [6.45, 7) is 3.98. The Kier molecular flexibility index (Phi) is 3.19. The molecule has 0 aliphatic carbocycles. The number of aromatic nitrogens is 1. The van der Waals surface area contributed by atoms with Crippen LogP contribution in [0.2, 0.25) is 0 Å². The second-order valence-electron chi connectivity index (χ2n) is 4.14. The zero-order valence-corrected chi connectivity index (χ0v) is 11.2. The average Bonchev–Trinajstić information content (AvgIpc) is 2.25. The molecule has 0 spiro atoms. The van der Waals surface area contributed by atoms with Gasteiger partial charge in [-0.2, -0.15) is 0 Å². The van der Waals surface area contributed by atoms with Crippen LogP contribution in [0.5, 0.6) is 0 Å². The molecule has 0 saturated heterocycles. The van der Waals surface area contributed by atoms with Crippen molar-refractivity contribution in [1.82, 2.24) is 4.98 Å². The molecular formula is C12H13BrFN3. The Bertz CT molecular complexity index is 561. The molecule has 90 valence electrons. The van der Waals surface area contributed by atoms with Crippen LogP contribution in [0.15, 0.2) is 22.8 Å². The van der Waals surface area contributed by atoms with Gasteiger partial charge in [0, 0.05) is 27.8 Å². The first-order chi connectivity index (χ1) is 8.00. The Balaban J connectivity index is 2.79. The van der Waals surface area contributed by atoms with Crippen LogP contribution in [0.4, 0.5) is 15.9 Å². The number of nitrogens with two attached hydrogens (primary N) is 1. The van der Waals surface area contributed by atoms with Crippen molar-refractivity contribution in [2.45, 2.75) is 19.9 Å². The van der Waals surface area contributed by atoms with Crippen LogP contribution in [0.3, 0.4) is 0 Å². The monoisotopic (exact) mass is 297 g/mol. The molecule has 0 radical (unpaired) electrons. The van der Waals surface area contributed by atoms with Gasteiger partial charge in [0.15, 0.2) is 0 Å². The summed E-state index contributed by atoms with van der Waals surface area (Å²) in [7, 11) is 0. The maximum absolute atomic E-state index is 13.8.